The summed E-state index contributed by atoms with van der Waals surface area (Å²) in [7, 11) is 0. The largest absolute Gasteiger partial charge is 0.411 e. The van der Waals surface area contributed by atoms with Crippen LogP contribution < -0.4 is 0 Å². The third kappa shape index (κ3) is 7.17. The zero-order valence-electron chi connectivity index (χ0n) is 17.5. The van der Waals surface area contributed by atoms with Crippen molar-refractivity contribution < 1.29 is 9.73 Å². The smallest absolute Gasteiger partial charge is 0.146 e. The lowest BCUT2D eigenvalue weighted by molar-refractivity contribution is 0.310. The fraction of sp³-hybridized carbons (Fsp3) is 0.818. The zero-order chi connectivity index (χ0) is 19.5. The molecular formula is C22H38N2O2S. The van der Waals surface area contributed by atoms with Crippen molar-refractivity contribution in [1.82, 2.24) is 5.16 Å². The third-order valence-corrected chi connectivity index (χ3v) is 6.68. The Morgan fingerprint density at radius 1 is 1.11 bits per heavy atom. The predicted octanol–water partition coefficient (Wildman–Crippen LogP) is 6.63. The fourth-order valence-corrected chi connectivity index (χ4v) is 5.19. The van der Waals surface area contributed by atoms with E-state index in [-0.39, 0.29) is 0 Å². The topological polar surface area (TPSA) is 58.6 Å². The van der Waals surface area contributed by atoms with E-state index >= 15 is 0 Å². The minimum Gasteiger partial charge on any atom is -0.411 e. The van der Waals surface area contributed by atoms with Crippen molar-refractivity contribution in [2.24, 2.45) is 11.1 Å². The van der Waals surface area contributed by atoms with Crippen LogP contribution in [0.15, 0.2) is 9.68 Å². The lowest BCUT2D eigenvalue weighted by atomic mass is 9.83. The van der Waals surface area contributed by atoms with Crippen LogP contribution in [0.5, 0.6) is 0 Å². The molecule has 154 valence electrons. The molecule has 27 heavy (non-hydrogen) atoms. The zero-order valence-corrected chi connectivity index (χ0v) is 18.3. The number of unbranched alkanes of at least 4 members (excludes halogenated alkanes) is 7. The number of oxime groups is 1. The minimum absolute atomic E-state index is 0.487. The Bertz CT molecular complexity index is 571. The fourth-order valence-electron chi connectivity index (χ4n) is 4.22. The Balaban J connectivity index is 1.82. The molecule has 4 nitrogen and oxygen atoms in total. The molecule has 0 amide bonds. The molecule has 1 aromatic heterocycles. The van der Waals surface area contributed by atoms with Gasteiger partial charge in [0, 0.05) is 11.7 Å². The van der Waals surface area contributed by atoms with Gasteiger partial charge >= 0.3 is 0 Å². The molecule has 1 N–H and O–H groups in total. The molecule has 0 unspecified atom stereocenters. The number of nitrogens with zero attached hydrogens (tertiary/aromatic N) is 2. The second kappa shape index (κ2) is 12.5. The molecular weight excluding hydrogens is 356 g/mol. The molecule has 5 heteroatoms. The highest BCUT2D eigenvalue weighted by Gasteiger charge is 2.31. The van der Waals surface area contributed by atoms with Crippen molar-refractivity contribution >= 4 is 17.5 Å². The number of fused-ring (bicyclic) bond motifs is 1. The van der Waals surface area contributed by atoms with E-state index in [1.54, 1.807) is 0 Å². The van der Waals surface area contributed by atoms with Gasteiger partial charge in [-0.3, -0.25) is 0 Å². The van der Waals surface area contributed by atoms with E-state index in [4.69, 9.17) is 4.52 Å². The molecule has 0 aromatic carbocycles. The Morgan fingerprint density at radius 3 is 2.48 bits per heavy atom. The molecule has 1 aromatic rings. The van der Waals surface area contributed by atoms with Gasteiger partial charge in [0.05, 0.1) is 17.0 Å². The number of hydrogen-bond acceptors (Lipinski definition) is 5. The van der Waals surface area contributed by atoms with Crippen molar-refractivity contribution in [2.45, 2.75) is 103 Å². The van der Waals surface area contributed by atoms with Gasteiger partial charge in [-0.15, -0.1) is 0 Å². The van der Waals surface area contributed by atoms with Gasteiger partial charge in [0.25, 0.3) is 0 Å². The van der Waals surface area contributed by atoms with Crippen LogP contribution in [0.1, 0.15) is 102 Å². The van der Waals surface area contributed by atoms with Crippen LogP contribution in [0.2, 0.25) is 0 Å². The number of aryl methyl sites for hydroxylation is 1. The highest BCUT2D eigenvalue weighted by molar-refractivity contribution is 7.99. The van der Waals surface area contributed by atoms with Gasteiger partial charge in [-0.1, -0.05) is 76.0 Å². The van der Waals surface area contributed by atoms with Crippen LogP contribution in [-0.4, -0.2) is 27.1 Å². The summed E-state index contributed by atoms with van der Waals surface area (Å²) in [5.41, 5.74) is 2.79. The van der Waals surface area contributed by atoms with E-state index in [1.165, 1.54) is 44.9 Å². The van der Waals surface area contributed by atoms with Gasteiger partial charge in [0.1, 0.15) is 5.76 Å². The molecule has 0 saturated carbocycles. The summed E-state index contributed by atoms with van der Waals surface area (Å²) in [6.45, 7) is 6.75. The van der Waals surface area contributed by atoms with Crippen molar-refractivity contribution in [3.63, 3.8) is 0 Å². The maximum Gasteiger partial charge on any atom is 0.146 e. The average Bonchev–Trinajstić information content (AvgIpc) is 3.06. The van der Waals surface area contributed by atoms with Crippen LogP contribution >= 0.6 is 11.8 Å². The van der Waals surface area contributed by atoms with Crippen molar-refractivity contribution in [3.05, 3.63) is 17.0 Å². The lowest BCUT2D eigenvalue weighted by Crippen LogP contribution is -2.23. The summed E-state index contributed by atoms with van der Waals surface area (Å²) < 4.78 is 5.66. The summed E-state index contributed by atoms with van der Waals surface area (Å²) in [5, 5.41) is 18.1. The normalized spacial score (nSPS) is 19.4. The average molecular weight is 395 g/mol. The van der Waals surface area contributed by atoms with Gasteiger partial charge in [-0.2, -0.15) is 11.8 Å². The second-order valence-electron chi connectivity index (χ2n) is 7.97. The van der Waals surface area contributed by atoms with Crippen LogP contribution in [0.25, 0.3) is 0 Å². The summed E-state index contributed by atoms with van der Waals surface area (Å²) in [4.78, 5) is 0. The summed E-state index contributed by atoms with van der Waals surface area (Å²) in [6.07, 6.45) is 14.3. The molecule has 2 rings (SSSR count). The van der Waals surface area contributed by atoms with Gasteiger partial charge in [0.15, 0.2) is 0 Å². The minimum atomic E-state index is 0.487. The van der Waals surface area contributed by atoms with E-state index in [9.17, 15) is 5.21 Å². The first-order chi connectivity index (χ1) is 13.2. The molecule has 2 atom stereocenters. The number of hydrogen-bond donors (Lipinski definition) is 1. The Labute approximate surface area is 169 Å². The van der Waals surface area contributed by atoms with Crippen LogP contribution in [0, 0.1) is 5.92 Å². The van der Waals surface area contributed by atoms with Gasteiger partial charge in [-0.25, -0.2) is 0 Å². The molecule has 0 saturated heterocycles. The van der Waals surface area contributed by atoms with E-state index in [1.807, 2.05) is 11.8 Å². The Hall–Kier alpha value is -0.970. The molecule has 0 aliphatic heterocycles. The van der Waals surface area contributed by atoms with Gasteiger partial charge in [-0.05, 0) is 37.4 Å². The van der Waals surface area contributed by atoms with Crippen molar-refractivity contribution in [1.29, 1.82) is 0 Å². The van der Waals surface area contributed by atoms with E-state index < -0.39 is 0 Å². The highest BCUT2D eigenvalue weighted by atomic mass is 32.2. The second-order valence-corrected chi connectivity index (χ2v) is 9.69. The molecule has 1 aliphatic rings. The van der Waals surface area contributed by atoms with Crippen LogP contribution in [0.3, 0.4) is 0 Å². The van der Waals surface area contributed by atoms with Crippen molar-refractivity contribution in [3.8, 4) is 0 Å². The summed E-state index contributed by atoms with van der Waals surface area (Å²) in [5.74, 6) is 2.56. The first kappa shape index (κ1) is 22.3. The van der Waals surface area contributed by atoms with Crippen LogP contribution in [-0.2, 0) is 12.8 Å². The first-order valence-electron chi connectivity index (χ1n) is 11.0. The van der Waals surface area contributed by atoms with Crippen LogP contribution in [0.4, 0.5) is 0 Å². The maximum atomic E-state index is 9.56. The van der Waals surface area contributed by atoms with Gasteiger partial charge < -0.3 is 9.73 Å². The van der Waals surface area contributed by atoms with E-state index in [2.05, 4.69) is 31.1 Å². The molecule has 0 radical (unpaired) electrons. The summed E-state index contributed by atoms with van der Waals surface area (Å²) >= 11 is 1.99. The molecule has 1 aliphatic carbocycles. The van der Waals surface area contributed by atoms with Gasteiger partial charge in [0.2, 0.25) is 0 Å². The first-order valence-corrected chi connectivity index (χ1v) is 12.0. The number of thioether (sulfide) groups is 1. The highest BCUT2D eigenvalue weighted by Crippen LogP contribution is 2.33. The van der Waals surface area contributed by atoms with Crippen molar-refractivity contribution in [2.75, 3.05) is 5.75 Å². The Kier molecular flexibility index (Phi) is 10.3. The molecule has 0 spiro atoms. The third-order valence-electron chi connectivity index (χ3n) is 5.58. The molecule has 0 bridgehead atoms. The molecule has 0 fully saturated rings. The Morgan fingerprint density at radius 2 is 1.81 bits per heavy atom. The predicted molar refractivity (Wildman–Crippen MR) is 115 cm³/mol. The number of aromatic nitrogens is 1. The molecule has 1 heterocycles. The van der Waals surface area contributed by atoms with E-state index in [0.717, 1.165) is 60.6 Å². The standard InChI is InChI=1S/C22H38N2O2S/c1-4-6-7-8-9-10-11-12-13-19-22-20(23-25)15-18(14-17(3)27-5-2)16-21(22)26-24-19/h17-18,25H,4-16H2,1-3H3/b23-20+/t17-,18+/m0/s1. The quantitative estimate of drug-likeness (QED) is 0.232. The van der Waals surface area contributed by atoms with E-state index in [0.29, 0.717) is 11.2 Å². The number of rotatable bonds is 13. The SMILES string of the molecule is CCCCCCCCCCc1noc2c1/C(=N/O)C[C@@H](C[C@H](C)SCC)C2. The maximum absolute atomic E-state index is 9.56. The lowest BCUT2D eigenvalue weighted by Gasteiger charge is -2.24. The monoisotopic (exact) mass is 394 g/mol. The summed E-state index contributed by atoms with van der Waals surface area (Å²) in [6, 6.07) is 0.